The van der Waals surface area contributed by atoms with E-state index in [1.54, 1.807) is 14.2 Å². The van der Waals surface area contributed by atoms with E-state index >= 15 is 0 Å². The molecule has 0 amide bonds. The average Bonchev–Trinajstić information content (AvgIpc) is 2.81. The Balaban J connectivity index is 1.95. The summed E-state index contributed by atoms with van der Waals surface area (Å²) in [6, 6.07) is 0.279. The highest BCUT2D eigenvalue weighted by Crippen LogP contribution is 2.25. The lowest BCUT2D eigenvalue weighted by atomic mass is 9.89. The topological polar surface area (TPSA) is 93.9 Å². The maximum atomic E-state index is 12.0. The molecule has 1 aliphatic rings. The summed E-state index contributed by atoms with van der Waals surface area (Å²) in [5.41, 5.74) is -0.0569. The molecule has 8 heteroatoms. The first-order valence-corrected chi connectivity index (χ1v) is 6.46. The van der Waals surface area contributed by atoms with Crippen LogP contribution < -0.4 is 16.6 Å². The molecule has 0 saturated heterocycles. The Morgan fingerprint density at radius 2 is 2.00 bits per heavy atom. The fourth-order valence-corrected chi connectivity index (χ4v) is 2.46. The minimum absolute atomic E-state index is 0.279. The molecule has 1 fully saturated rings. The number of anilines is 1. The number of aromatic nitrogens is 4. The van der Waals surface area contributed by atoms with Crippen LogP contribution in [-0.4, -0.2) is 38.4 Å². The lowest BCUT2D eigenvalue weighted by Crippen LogP contribution is -2.40. The summed E-state index contributed by atoms with van der Waals surface area (Å²) in [4.78, 5) is 31.1. The van der Waals surface area contributed by atoms with E-state index in [0.717, 1.165) is 17.4 Å². The third kappa shape index (κ3) is 1.83. The highest BCUT2D eigenvalue weighted by molar-refractivity contribution is 5.72. The van der Waals surface area contributed by atoms with E-state index in [-0.39, 0.29) is 23.4 Å². The SMILES string of the molecule is COC1CC(Nc2nc3c([nH]2)c(=O)n(C)c(=O)n3C)C1. The molecule has 2 aromatic rings. The smallest absolute Gasteiger partial charge is 0.332 e. The molecule has 0 unspecified atom stereocenters. The van der Waals surface area contributed by atoms with Gasteiger partial charge in [-0.05, 0) is 12.8 Å². The van der Waals surface area contributed by atoms with Gasteiger partial charge in [-0.3, -0.25) is 13.9 Å². The molecular weight excluding hydrogens is 262 g/mol. The number of ether oxygens (including phenoxy) is 1. The van der Waals surface area contributed by atoms with E-state index in [9.17, 15) is 9.59 Å². The van der Waals surface area contributed by atoms with Gasteiger partial charge in [-0.25, -0.2) is 4.79 Å². The van der Waals surface area contributed by atoms with E-state index in [1.807, 2.05) is 0 Å². The molecule has 1 aliphatic carbocycles. The molecule has 20 heavy (non-hydrogen) atoms. The maximum absolute atomic E-state index is 12.0. The first kappa shape index (κ1) is 12.9. The van der Waals surface area contributed by atoms with Crippen molar-refractivity contribution >= 4 is 17.1 Å². The first-order valence-electron chi connectivity index (χ1n) is 6.46. The number of fused-ring (bicyclic) bond motifs is 1. The zero-order valence-electron chi connectivity index (χ0n) is 11.6. The zero-order chi connectivity index (χ0) is 14.4. The van der Waals surface area contributed by atoms with Crippen LogP contribution in [0, 0.1) is 0 Å². The van der Waals surface area contributed by atoms with Crippen LogP contribution in [0.3, 0.4) is 0 Å². The van der Waals surface area contributed by atoms with Crippen LogP contribution in [0.15, 0.2) is 9.59 Å². The molecule has 3 rings (SSSR count). The molecule has 2 aromatic heterocycles. The van der Waals surface area contributed by atoms with Crippen molar-refractivity contribution in [1.29, 1.82) is 0 Å². The molecule has 0 aliphatic heterocycles. The van der Waals surface area contributed by atoms with Crippen molar-refractivity contribution in [2.75, 3.05) is 12.4 Å². The Hall–Kier alpha value is -2.09. The second kappa shape index (κ2) is 4.48. The van der Waals surface area contributed by atoms with Crippen LogP contribution in [0.2, 0.25) is 0 Å². The quantitative estimate of drug-likeness (QED) is 0.793. The number of rotatable bonds is 3. The number of imidazole rings is 1. The summed E-state index contributed by atoms with van der Waals surface area (Å²) in [5.74, 6) is 0.512. The van der Waals surface area contributed by atoms with Gasteiger partial charge in [0.2, 0.25) is 5.95 Å². The number of hydrogen-bond acceptors (Lipinski definition) is 5. The third-order valence-electron chi connectivity index (χ3n) is 3.86. The van der Waals surface area contributed by atoms with E-state index in [4.69, 9.17) is 4.74 Å². The fraction of sp³-hybridized carbons (Fsp3) is 0.583. The number of aryl methyl sites for hydroxylation is 1. The minimum Gasteiger partial charge on any atom is -0.381 e. The van der Waals surface area contributed by atoms with Crippen molar-refractivity contribution in [3.63, 3.8) is 0 Å². The standard InChI is InChI=1S/C12H17N5O3/c1-16-9-8(10(18)17(2)12(16)19)14-11(15-9)13-6-4-7(5-6)20-3/h6-7H,4-5H2,1-3H3,(H2,13,14,15). The predicted molar refractivity (Wildman–Crippen MR) is 74.0 cm³/mol. The van der Waals surface area contributed by atoms with E-state index in [2.05, 4.69) is 15.3 Å². The summed E-state index contributed by atoms with van der Waals surface area (Å²) in [7, 11) is 4.74. The highest BCUT2D eigenvalue weighted by Gasteiger charge is 2.29. The average molecular weight is 279 g/mol. The molecule has 8 nitrogen and oxygen atoms in total. The van der Waals surface area contributed by atoms with Gasteiger partial charge in [0.15, 0.2) is 11.2 Å². The maximum Gasteiger partial charge on any atom is 0.332 e. The number of methoxy groups -OCH3 is 1. The van der Waals surface area contributed by atoms with E-state index < -0.39 is 0 Å². The summed E-state index contributed by atoms with van der Waals surface area (Å²) >= 11 is 0. The second-order valence-corrected chi connectivity index (χ2v) is 5.16. The predicted octanol–water partition coefficient (Wildman–Crippen LogP) is -0.450. The third-order valence-corrected chi connectivity index (χ3v) is 3.86. The number of aromatic amines is 1. The van der Waals surface area contributed by atoms with Crippen molar-refractivity contribution in [3.8, 4) is 0 Å². The Morgan fingerprint density at radius 3 is 2.65 bits per heavy atom. The lowest BCUT2D eigenvalue weighted by Gasteiger charge is -2.34. The van der Waals surface area contributed by atoms with Crippen LogP contribution in [-0.2, 0) is 18.8 Å². The molecule has 1 saturated carbocycles. The van der Waals surface area contributed by atoms with Gasteiger partial charge in [0, 0.05) is 27.2 Å². The first-order chi connectivity index (χ1) is 9.51. The number of H-pyrrole nitrogens is 1. The summed E-state index contributed by atoms with van der Waals surface area (Å²) in [6.45, 7) is 0. The van der Waals surface area contributed by atoms with E-state index in [0.29, 0.717) is 17.1 Å². The van der Waals surface area contributed by atoms with Gasteiger partial charge in [-0.15, -0.1) is 0 Å². The molecule has 0 spiro atoms. The van der Waals surface area contributed by atoms with Gasteiger partial charge in [0.05, 0.1) is 6.10 Å². The summed E-state index contributed by atoms with van der Waals surface area (Å²) in [5, 5.41) is 3.22. The Morgan fingerprint density at radius 1 is 1.30 bits per heavy atom. The number of hydrogen-bond donors (Lipinski definition) is 2. The van der Waals surface area contributed by atoms with Crippen LogP contribution in [0.4, 0.5) is 5.95 Å². The van der Waals surface area contributed by atoms with Crippen LogP contribution in [0.5, 0.6) is 0 Å². The minimum atomic E-state index is -0.386. The van der Waals surface area contributed by atoms with Crippen LogP contribution in [0.25, 0.3) is 11.2 Å². The monoisotopic (exact) mass is 279 g/mol. The van der Waals surface area contributed by atoms with Gasteiger partial charge in [-0.1, -0.05) is 0 Å². The van der Waals surface area contributed by atoms with Gasteiger partial charge in [0.25, 0.3) is 5.56 Å². The molecular formula is C12H17N5O3. The normalized spacial score (nSPS) is 21.9. The van der Waals surface area contributed by atoms with Crippen molar-refractivity contribution in [2.45, 2.75) is 25.0 Å². The lowest BCUT2D eigenvalue weighted by molar-refractivity contribution is 0.0327. The van der Waals surface area contributed by atoms with Crippen LogP contribution in [0.1, 0.15) is 12.8 Å². The zero-order valence-corrected chi connectivity index (χ0v) is 11.6. The van der Waals surface area contributed by atoms with E-state index in [1.165, 1.54) is 11.6 Å². The number of nitrogens with zero attached hydrogens (tertiary/aromatic N) is 3. The van der Waals surface area contributed by atoms with Gasteiger partial charge >= 0.3 is 5.69 Å². The summed E-state index contributed by atoms with van der Waals surface area (Å²) in [6.07, 6.45) is 2.10. The fourth-order valence-electron chi connectivity index (χ4n) is 2.46. The molecule has 0 radical (unpaired) electrons. The second-order valence-electron chi connectivity index (χ2n) is 5.16. The summed E-state index contributed by atoms with van der Waals surface area (Å²) < 4.78 is 7.64. The van der Waals surface area contributed by atoms with Crippen molar-refractivity contribution in [3.05, 3.63) is 20.8 Å². The van der Waals surface area contributed by atoms with Gasteiger partial charge in [-0.2, -0.15) is 4.98 Å². The largest absolute Gasteiger partial charge is 0.381 e. The van der Waals surface area contributed by atoms with Gasteiger partial charge in [0.1, 0.15) is 0 Å². The van der Waals surface area contributed by atoms with Crippen molar-refractivity contribution < 1.29 is 4.74 Å². The van der Waals surface area contributed by atoms with Gasteiger partial charge < -0.3 is 15.0 Å². The Labute approximate surface area is 114 Å². The van der Waals surface area contributed by atoms with Crippen LogP contribution >= 0.6 is 0 Å². The molecule has 2 heterocycles. The molecule has 0 aromatic carbocycles. The molecule has 2 N–H and O–H groups in total. The van der Waals surface area contributed by atoms with Crippen molar-refractivity contribution in [2.24, 2.45) is 14.1 Å². The molecule has 0 bridgehead atoms. The Kier molecular flexibility index (Phi) is 2.89. The highest BCUT2D eigenvalue weighted by atomic mass is 16.5. The Bertz CT molecular complexity index is 766. The molecule has 108 valence electrons. The number of nitrogens with one attached hydrogen (secondary N) is 2. The van der Waals surface area contributed by atoms with Crippen molar-refractivity contribution in [1.82, 2.24) is 19.1 Å². The molecule has 0 atom stereocenters.